The van der Waals surface area contributed by atoms with Crippen LogP contribution in [-0.4, -0.2) is 16.8 Å². The SMILES string of the molecule is Cc1ccc(-c2ocnc2C(=O)Nc2ccc(C(N)=O)cc2F)cc1. The van der Waals surface area contributed by atoms with Gasteiger partial charge in [-0.2, -0.15) is 0 Å². The van der Waals surface area contributed by atoms with Crippen LogP contribution < -0.4 is 11.1 Å². The molecule has 2 aromatic carbocycles. The number of primary amides is 1. The van der Waals surface area contributed by atoms with Gasteiger partial charge in [0.25, 0.3) is 5.91 Å². The molecule has 0 fully saturated rings. The Morgan fingerprint density at radius 3 is 2.52 bits per heavy atom. The van der Waals surface area contributed by atoms with Gasteiger partial charge in [0.2, 0.25) is 5.91 Å². The molecule has 0 spiro atoms. The lowest BCUT2D eigenvalue weighted by molar-refractivity contribution is 0.0997. The highest BCUT2D eigenvalue weighted by Gasteiger charge is 2.19. The molecule has 0 saturated carbocycles. The molecule has 1 heterocycles. The standard InChI is InChI=1S/C18H14FN3O3/c1-10-2-4-11(5-3-10)16-15(21-9-25-16)18(24)22-14-7-6-12(17(20)23)8-13(14)19/h2-9H,1H3,(H2,20,23)(H,22,24). The number of carbonyl (C=O) groups excluding carboxylic acids is 2. The van der Waals surface area contributed by atoms with Gasteiger partial charge in [0.1, 0.15) is 5.82 Å². The Hall–Kier alpha value is -3.48. The predicted molar refractivity (Wildman–Crippen MR) is 89.5 cm³/mol. The normalized spacial score (nSPS) is 10.5. The van der Waals surface area contributed by atoms with Crippen molar-refractivity contribution in [1.29, 1.82) is 0 Å². The minimum absolute atomic E-state index is 0.0114. The summed E-state index contributed by atoms with van der Waals surface area (Å²) in [4.78, 5) is 27.4. The zero-order valence-electron chi connectivity index (χ0n) is 13.2. The number of hydrogen-bond acceptors (Lipinski definition) is 4. The topological polar surface area (TPSA) is 98.2 Å². The van der Waals surface area contributed by atoms with E-state index < -0.39 is 17.6 Å². The third kappa shape index (κ3) is 3.40. The maximum absolute atomic E-state index is 14.0. The molecule has 6 nitrogen and oxygen atoms in total. The highest BCUT2D eigenvalue weighted by Crippen LogP contribution is 2.25. The van der Waals surface area contributed by atoms with Crippen molar-refractivity contribution in [1.82, 2.24) is 4.98 Å². The van der Waals surface area contributed by atoms with E-state index in [9.17, 15) is 14.0 Å². The molecular weight excluding hydrogens is 325 g/mol. The minimum Gasteiger partial charge on any atom is -0.443 e. The lowest BCUT2D eigenvalue weighted by Gasteiger charge is -2.07. The van der Waals surface area contributed by atoms with Crippen LogP contribution in [0.15, 0.2) is 53.3 Å². The maximum Gasteiger partial charge on any atom is 0.278 e. The third-order valence-corrected chi connectivity index (χ3v) is 3.60. The number of nitrogens with two attached hydrogens (primary N) is 1. The Balaban J connectivity index is 1.87. The van der Waals surface area contributed by atoms with Crippen molar-refractivity contribution < 1.29 is 18.4 Å². The first-order valence-electron chi connectivity index (χ1n) is 7.37. The molecule has 0 unspecified atom stereocenters. The molecule has 0 bridgehead atoms. The van der Waals surface area contributed by atoms with Crippen LogP contribution in [0.3, 0.4) is 0 Å². The third-order valence-electron chi connectivity index (χ3n) is 3.60. The molecule has 0 aliphatic heterocycles. The number of nitrogens with zero attached hydrogens (tertiary/aromatic N) is 1. The molecule has 126 valence electrons. The first-order valence-corrected chi connectivity index (χ1v) is 7.37. The number of nitrogens with one attached hydrogen (secondary N) is 1. The molecule has 0 aliphatic rings. The number of aromatic nitrogens is 1. The summed E-state index contributed by atoms with van der Waals surface area (Å²) in [7, 11) is 0. The molecule has 0 aliphatic carbocycles. The van der Waals surface area contributed by atoms with E-state index in [2.05, 4.69) is 10.3 Å². The lowest BCUT2D eigenvalue weighted by Crippen LogP contribution is -2.16. The Morgan fingerprint density at radius 2 is 1.88 bits per heavy atom. The van der Waals surface area contributed by atoms with E-state index in [1.165, 1.54) is 12.1 Å². The average Bonchev–Trinajstić information content (AvgIpc) is 3.07. The second-order valence-corrected chi connectivity index (χ2v) is 5.41. The molecule has 1 aromatic heterocycles. The molecule has 3 rings (SSSR count). The van der Waals surface area contributed by atoms with Gasteiger partial charge in [-0.3, -0.25) is 9.59 Å². The van der Waals surface area contributed by atoms with Gasteiger partial charge in [-0.25, -0.2) is 9.37 Å². The number of rotatable bonds is 4. The number of amides is 2. The summed E-state index contributed by atoms with van der Waals surface area (Å²) in [6.45, 7) is 1.94. The monoisotopic (exact) mass is 339 g/mol. The summed E-state index contributed by atoms with van der Waals surface area (Å²) in [5.41, 5.74) is 6.78. The molecule has 2 amide bonds. The molecular formula is C18H14FN3O3. The quantitative estimate of drug-likeness (QED) is 0.763. The zero-order valence-corrected chi connectivity index (χ0v) is 13.2. The second-order valence-electron chi connectivity index (χ2n) is 5.41. The van der Waals surface area contributed by atoms with E-state index in [0.717, 1.165) is 18.0 Å². The predicted octanol–water partition coefficient (Wildman–Crippen LogP) is 3.14. The van der Waals surface area contributed by atoms with Crippen LogP contribution in [0.5, 0.6) is 0 Å². The van der Waals surface area contributed by atoms with Gasteiger partial charge >= 0.3 is 0 Å². The number of benzene rings is 2. The van der Waals surface area contributed by atoms with Crippen LogP contribution in [0, 0.1) is 12.7 Å². The van der Waals surface area contributed by atoms with Crippen molar-refractivity contribution in [3.63, 3.8) is 0 Å². The van der Waals surface area contributed by atoms with E-state index in [1.54, 1.807) is 12.1 Å². The van der Waals surface area contributed by atoms with Crippen LogP contribution in [-0.2, 0) is 0 Å². The number of aryl methyl sites for hydroxylation is 1. The lowest BCUT2D eigenvalue weighted by atomic mass is 10.1. The van der Waals surface area contributed by atoms with Gasteiger partial charge in [-0.05, 0) is 25.1 Å². The number of anilines is 1. The molecule has 3 aromatic rings. The molecule has 25 heavy (non-hydrogen) atoms. The van der Waals surface area contributed by atoms with E-state index >= 15 is 0 Å². The summed E-state index contributed by atoms with van der Waals surface area (Å²) < 4.78 is 19.3. The summed E-state index contributed by atoms with van der Waals surface area (Å²) in [6.07, 6.45) is 1.15. The Morgan fingerprint density at radius 1 is 1.16 bits per heavy atom. The van der Waals surface area contributed by atoms with E-state index in [0.29, 0.717) is 5.56 Å². The Labute approximate surface area is 142 Å². The zero-order chi connectivity index (χ0) is 18.0. The van der Waals surface area contributed by atoms with E-state index in [-0.39, 0.29) is 22.7 Å². The molecule has 0 saturated heterocycles. The highest BCUT2D eigenvalue weighted by molar-refractivity contribution is 6.06. The largest absolute Gasteiger partial charge is 0.443 e. The van der Waals surface area contributed by atoms with Gasteiger partial charge in [-0.1, -0.05) is 29.8 Å². The first-order chi connectivity index (χ1) is 12.0. The van der Waals surface area contributed by atoms with E-state index in [1.807, 2.05) is 19.1 Å². The number of carbonyl (C=O) groups is 2. The average molecular weight is 339 g/mol. The molecule has 3 N–H and O–H groups in total. The Bertz CT molecular complexity index is 948. The van der Waals surface area contributed by atoms with Crippen LogP contribution in [0.2, 0.25) is 0 Å². The Kier molecular flexibility index (Phi) is 4.30. The summed E-state index contributed by atoms with van der Waals surface area (Å²) in [6, 6.07) is 10.9. The summed E-state index contributed by atoms with van der Waals surface area (Å²) in [5, 5.41) is 2.41. The van der Waals surface area contributed by atoms with Crippen molar-refractivity contribution in [3.05, 3.63) is 71.5 Å². The number of hydrogen-bond donors (Lipinski definition) is 2. The smallest absolute Gasteiger partial charge is 0.278 e. The number of oxazole rings is 1. The molecule has 7 heteroatoms. The fourth-order valence-corrected chi connectivity index (χ4v) is 2.27. The fourth-order valence-electron chi connectivity index (χ4n) is 2.27. The van der Waals surface area contributed by atoms with Gasteiger partial charge in [-0.15, -0.1) is 0 Å². The number of halogens is 1. The van der Waals surface area contributed by atoms with Crippen LogP contribution in [0.25, 0.3) is 11.3 Å². The van der Waals surface area contributed by atoms with Crippen LogP contribution >= 0.6 is 0 Å². The van der Waals surface area contributed by atoms with Crippen molar-refractivity contribution >= 4 is 17.5 Å². The molecule has 0 radical (unpaired) electrons. The van der Waals surface area contributed by atoms with Crippen molar-refractivity contribution in [3.8, 4) is 11.3 Å². The first kappa shape index (κ1) is 16.4. The van der Waals surface area contributed by atoms with Crippen molar-refractivity contribution in [2.24, 2.45) is 5.73 Å². The minimum atomic E-state index is -0.773. The van der Waals surface area contributed by atoms with Gasteiger partial charge in [0, 0.05) is 11.1 Å². The van der Waals surface area contributed by atoms with E-state index in [4.69, 9.17) is 10.2 Å². The highest BCUT2D eigenvalue weighted by atomic mass is 19.1. The van der Waals surface area contributed by atoms with Crippen LogP contribution in [0.4, 0.5) is 10.1 Å². The van der Waals surface area contributed by atoms with Crippen LogP contribution in [0.1, 0.15) is 26.4 Å². The van der Waals surface area contributed by atoms with Gasteiger partial charge < -0.3 is 15.5 Å². The van der Waals surface area contributed by atoms with Gasteiger partial charge in [0.05, 0.1) is 5.69 Å². The fraction of sp³-hybridized carbons (Fsp3) is 0.0556. The molecule has 0 atom stereocenters. The van der Waals surface area contributed by atoms with Gasteiger partial charge in [0.15, 0.2) is 17.8 Å². The van der Waals surface area contributed by atoms with Crippen molar-refractivity contribution in [2.45, 2.75) is 6.92 Å². The maximum atomic E-state index is 14.0. The second kappa shape index (κ2) is 6.56. The summed E-state index contributed by atoms with van der Waals surface area (Å²) in [5.74, 6) is -1.87. The summed E-state index contributed by atoms with van der Waals surface area (Å²) >= 11 is 0. The van der Waals surface area contributed by atoms with Crippen molar-refractivity contribution in [2.75, 3.05) is 5.32 Å².